The normalized spacial score (nSPS) is 16.8. The lowest BCUT2D eigenvalue weighted by Gasteiger charge is -2.36. The van der Waals surface area contributed by atoms with Crippen LogP contribution in [0.2, 0.25) is 0 Å². The molecule has 1 aromatic heterocycles. The van der Waals surface area contributed by atoms with Crippen LogP contribution in [-0.2, 0) is 6.42 Å². The van der Waals surface area contributed by atoms with Gasteiger partial charge in [0.25, 0.3) is 0 Å². The number of urea groups is 1. The number of thiazole rings is 1. The van der Waals surface area contributed by atoms with Crippen molar-refractivity contribution in [2.75, 3.05) is 13.1 Å². The fourth-order valence-electron chi connectivity index (χ4n) is 2.00. The van der Waals surface area contributed by atoms with Crippen LogP contribution in [0, 0.1) is 13.8 Å². The lowest BCUT2D eigenvalue weighted by Crippen LogP contribution is -2.50. The summed E-state index contributed by atoms with van der Waals surface area (Å²) in [5.74, 6) is 0. The number of aliphatic hydroxyl groups is 1. The molecule has 1 fully saturated rings. The first-order valence-corrected chi connectivity index (χ1v) is 7.47. The standard InChI is InChI=1S/C13H21N3O2S/c1-9-10(2)19-11(16-9)4-7-14-12(17)15-8-13(18)5-3-6-13/h18H,3-8H2,1-2H3,(H2,14,15,17). The summed E-state index contributed by atoms with van der Waals surface area (Å²) in [4.78, 5) is 17.2. The summed E-state index contributed by atoms with van der Waals surface area (Å²) in [7, 11) is 0. The zero-order valence-electron chi connectivity index (χ0n) is 11.5. The van der Waals surface area contributed by atoms with E-state index < -0.39 is 5.60 Å². The van der Waals surface area contributed by atoms with Crippen LogP contribution in [0.3, 0.4) is 0 Å². The van der Waals surface area contributed by atoms with E-state index in [4.69, 9.17) is 0 Å². The van der Waals surface area contributed by atoms with Gasteiger partial charge >= 0.3 is 6.03 Å². The van der Waals surface area contributed by atoms with E-state index in [1.54, 1.807) is 11.3 Å². The SMILES string of the molecule is Cc1nc(CCNC(=O)NCC2(O)CCC2)sc1C. The molecule has 5 nitrogen and oxygen atoms in total. The van der Waals surface area contributed by atoms with Gasteiger partial charge in [-0.2, -0.15) is 0 Å². The average Bonchev–Trinajstić information content (AvgIpc) is 2.64. The highest BCUT2D eigenvalue weighted by molar-refractivity contribution is 7.11. The first-order chi connectivity index (χ1) is 8.98. The maximum atomic E-state index is 11.5. The lowest BCUT2D eigenvalue weighted by atomic mass is 9.80. The second-order valence-corrected chi connectivity index (χ2v) is 6.47. The van der Waals surface area contributed by atoms with Gasteiger partial charge in [-0.05, 0) is 33.1 Å². The minimum absolute atomic E-state index is 0.217. The van der Waals surface area contributed by atoms with Crippen LogP contribution >= 0.6 is 11.3 Å². The Balaban J connectivity index is 1.63. The van der Waals surface area contributed by atoms with E-state index in [0.717, 1.165) is 36.4 Å². The number of aryl methyl sites for hydroxylation is 2. The van der Waals surface area contributed by atoms with Crippen molar-refractivity contribution in [1.82, 2.24) is 15.6 Å². The van der Waals surface area contributed by atoms with Crippen molar-refractivity contribution in [2.45, 2.75) is 45.1 Å². The van der Waals surface area contributed by atoms with E-state index in [2.05, 4.69) is 22.5 Å². The van der Waals surface area contributed by atoms with Crippen molar-refractivity contribution < 1.29 is 9.90 Å². The van der Waals surface area contributed by atoms with Gasteiger partial charge in [0.2, 0.25) is 0 Å². The molecule has 0 spiro atoms. The molecule has 0 bridgehead atoms. The van der Waals surface area contributed by atoms with E-state index in [1.807, 2.05) is 6.92 Å². The van der Waals surface area contributed by atoms with Crippen LogP contribution in [0.4, 0.5) is 4.79 Å². The van der Waals surface area contributed by atoms with Crippen molar-refractivity contribution >= 4 is 17.4 Å². The molecule has 1 heterocycles. The van der Waals surface area contributed by atoms with Gasteiger partial charge in [0, 0.05) is 24.4 Å². The van der Waals surface area contributed by atoms with Crippen molar-refractivity contribution in [3.63, 3.8) is 0 Å². The molecule has 0 aliphatic heterocycles. The van der Waals surface area contributed by atoms with Crippen LogP contribution in [-0.4, -0.2) is 34.8 Å². The third kappa shape index (κ3) is 3.91. The summed E-state index contributed by atoms with van der Waals surface area (Å²) >= 11 is 1.67. The van der Waals surface area contributed by atoms with E-state index in [1.165, 1.54) is 4.88 Å². The van der Waals surface area contributed by atoms with Gasteiger partial charge in [-0.15, -0.1) is 11.3 Å². The van der Waals surface area contributed by atoms with Crippen LogP contribution in [0.25, 0.3) is 0 Å². The second kappa shape index (κ2) is 5.88. The first kappa shape index (κ1) is 14.3. The molecule has 2 rings (SSSR count). The lowest BCUT2D eigenvalue weighted by molar-refractivity contribution is -0.0290. The molecule has 1 aromatic rings. The number of hydrogen-bond donors (Lipinski definition) is 3. The van der Waals surface area contributed by atoms with E-state index in [-0.39, 0.29) is 6.03 Å². The van der Waals surface area contributed by atoms with Crippen molar-refractivity contribution in [3.8, 4) is 0 Å². The topological polar surface area (TPSA) is 74.2 Å². The largest absolute Gasteiger partial charge is 0.388 e. The summed E-state index contributed by atoms with van der Waals surface area (Å²) in [6.45, 7) is 4.95. The van der Waals surface area contributed by atoms with Crippen LogP contribution in [0.1, 0.15) is 34.8 Å². The highest BCUT2D eigenvalue weighted by Crippen LogP contribution is 2.30. The monoisotopic (exact) mass is 283 g/mol. The van der Waals surface area contributed by atoms with Gasteiger partial charge < -0.3 is 15.7 Å². The summed E-state index contributed by atoms with van der Waals surface area (Å²) in [5, 5.41) is 16.4. The molecule has 1 saturated carbocycles. The highest BCUT2D eigenvalue weighted by atomic mass is 32.1. The van der Waals surface area contributed by atoms with E-state index >= 15 is 0 Å². The quantitative estimate of drug-likeness (QED) is 0.767. The van der Waals surface area contributed by atoms with Gasteiger partial charge in [-0.1, -0.05) is 0 Å². The third-order valence-electron chi connectivity index (χ3n) is 3.56. The molecule has 0 aromatic carbocycles. The van der Waals surface area contributed by atoms with Crippen LogP contribution in [0.15, 0.2) is 0 Å². The number of hydrogen-bond acceptors (Lipinski definition) is 4. The number of rotatable bonds is 5. The van der Waals surface area contributed by atoms with Crippen molar-refractivity contribution in [1.29, 1.82) is 0 Å². The predicted octanol–water partition coefficient (Wildman–Crippen LogP) is 1.52. The van der Waals surface area contributed by atoms with Gasteiger partial charge in [-0.25, -0.2) is 9.78 Å². The molecule has 19 heavy (non-hydrogen) atoms. The summed E-state index contributed by atoms with van der Waals surface area (Å²) < 4.78 is 0. The smallest absolute Gasteiger partial charge is 0.314 e. The Morgan fingerprint density at radius 2 is 2.16 bits per heavy atom. The Bertz CT molecular complexity index is 435. The first-order valence-electron chi connectivity index (χ1n) is 6.65. The van der Waals surface area contributed by atoms with Crippen LogP contribution < -0.4 is 10.6 Å². The maximum Gasteiger partial charge on any atom is 0.314 e. The molecule has 2 amide bonds. The minimum Gasteiger partial charge on any atom is -0.388 e. The summed E-state index contributed by atoms with van der Waals surface area (Å²) in [5.41, 5.74) is 0.401. The number of amides is 2. The Morgan fingerprint density at radius 3 is 2.68 bits per heavy atom. The maximum absolute atomic E-state index is 11.5. The molecule has 0 unspecified atom stereocenters. The zero-order valence-corrected chi connectivity index (χ0v) is 12.3. The molecule has 6 heteroatoms. The molecule has 0 atom stereocenters. The minimum atomic E-state index is -0.666. The molecular weight excluding hydrogens is 262 g/mol. The Kier molecular flexibility index (Phi) is 4.42. The number of carbonyl (C=O) groups excluding carboxylic acids is 1. The van der Waals surface area contributed by atoms with Gasteiger partial charge in [0.15, 0.2) is 0 Å². The van der Waals surface area contributed by atoms with Gasteiger partial charge in [-0.3, -0.25) is 0 Å². The number of aromatic nitrogens is 1. The highest BCUT2D eigenvalue weighted by Gasteiger charge is 2.34. The van der Waals surface area contributed by atoms with Crippen molar-refractivity contribution in [3.05, 3.63) is 15.6 Å². The molecular formula is C13H21N3O2S. The zero-order chi connectivity index (χ0) is 13.9. The Labute approximate surface area is 117 Å². The van der Waals surface area contributed by atoms with Gasteiger partial charge in [0.1, 0.15) is 0 Å². The average molecular weight is 283 g/mol. The summed E-state index contributed by atoms with van der Waals surface area (Å²) in [6, 6.07) is -0.217. The third-order valence-corrected chi connectivity index (χ3v) is 4.69. The molecule has 3 N–H and O–H groups in total. The molecule has 106 valence electrons. The molecule has 0 saturated heterocycles. The fourth-order valence-corrected chi connectivity index (χ4v) is 2.93. The predicted molar refractivity (Wildman–Crippen MR) is 75.5 cm³/mol. The van der Waals surface area contributed by atoms with E-state index in [0.29, 0.717) is 13.1 Å². The number of nitrogens with one attached hydrogen (secondary N) is 2. The second-order valence-electron chi connectivity index (χ2n) is 5.19. The van der Waals surface area contributed by atoms with E-state index in [9.17, 15) is 9.90 Å². The molecule has 0 radical (unpaired) electrons. The molecule has 1 aliphatic rings. The Morgan fingerprint density at radius 1 is 1.42 bits per heavy atom. The number of nitrogens with zero attached hydrogens (tertiary/aromatic N) is 1. The molecule has 1 aliphatic carbocycles. The summed E-state index contributed by atoms with van der Waals surface area (Å²) in [6.07, 6.45) is 3.36. The fraction of sp³-hybridized carbons (Fsp3) is 0.692. The van der Waals surface area contributed by atoms with Crippen LogP contribution in [0.5, 0.6) is 0 Å². The van der Waals surface area contributed by atoms with Crippen molar-refractivity contribution in [2.24, 2.45) is 0 Å². The van der Waals surface area contributed by atoms with Gasteiger partial charge in [0.05, 0.1) is 16.3 Å². The Hall–Kier alpha value is -1.14. The number of carbonyl (C=O) groups is 1.